The molecule has 3 aromatic rings. The number of morpholine rings is 1. The van der Waals surface area contributed by atoms with Crippen LogP contribution in [0.25, 0.3) is 0 Å². The summed E-state index contributed by atoms with van der Waals surface area (Å²) in [6.07, 6.45) is 0. The molecule has 6 nitrogen and oxygen atoms in total. The fraction of sp³-hybridized carbons (Fsp3) is 0.346. The molecule has 0 atom stereocenters. The van der Waals surface area contributed by atoms with E-state index in [0.29, 0.717) is 31.9 Å². The number of halogens is 2. The van der Waals surface area contributed by atoms with Gasteiger partial charge in [-0.15, -0.1) is 0 Å². The van der Waals surface area contributed by atoms with E-state index in [-0.39, 0.29) is 23.3 Å². The Labute approximate surface area is 198 Å². The first kappa shape index (κ1) is 24.1. The summed E-state index contributed by atoms with van der Waals surface area (Å²) in [7, 11) is 0. The molecule has 0 spiro atoms. The number of hydrogen-bond donors (Lipinski definition) is 1. The van der Waals surface area contributed by atoms with Crippen LogP contribution in [0.3, 0.4) is 0 Å². The molecule has 0 saturated carbocycles. The molecule has 0 radical (unpaired) electrons. The first-order valence-corrected chi connectivity index (χ1v) is 11.4. The maximum absolute atomic E-state index is 13.7. The highest BCUT2D eigenvalue weighted by Gasteiger charge is 2.16. The van der Waals surface area contributed by atoms with Crippen molar-refractivity contribution >= 4 is 5.91 Å². The minimum absolute atomic E-state index is 0.254. The van der Waals surface area contributed by atoms with Crippen molar-refractivity contribution < 1.29 is 22.7 Å². The molecule has 34 heavy (non-hydrogen) atoms. The zero-order valence-electron chi connectivity index (χ0n) is 19.0. The van der Waals surface area contributed by atoms with E-state index in [0.717, 1.165) is 44.0 Å². The highest BCUT2D eigenvalue weighted by atomic mass is 19.1. The zero-order chi connectivity index (χ0) is 23.8. The Balaban J connectivity index is 1.37. The third kappa shape index (κ3) is 7.21. The lowest BCUT2D eigenvalue weighted by atomic mass is 10.1. The van der Waals surface area contributed by atoms with E-state index in [4.69, 9.17) is 9.15 Å². The quantitative estimate of drug-likeness (QED) is 0.489. The summed E-state index contributed by atoms with van der Waals surface area (Å²) < 4.78 is 38.2. The lowest BCUT2D eigenvalue weighted by Gasteiger charge is -2.26. The molecule has 1 aromatic heterocycles. The van der Waals surface area contributed by atoms with Crippen molar-refractivity contribution in [3.8, 4) is 0 Å². The molecule has 1 N–H and O–H groups in total. The van der Waals surface area contributed by atoms with E-state index in [1.54, 1.807) is 30.3 Å². The molecule has 0 bridgehead atoms. The van der Waals surface area contributed by atoms with E-state index >= 15 is 0 Å². The average Bonchev–Trinajstić information content (AvgIpc) is 3.30. The van der Waals surface area contributed by atoms with Crippen LogP contribution in [-0.2, 0) is 24.4 Å². The van der Waals surface area contributed by atoms with Crippen LogP contribution >= 0.6 is 0 Å². The van der Waals surface area contributed by atoms with Gasteiger partial charge in [0.1, 0.15) is 17.4 Å². The number of hydrogen-bond acceptors (Lipinski definition) is 5. The third-order valence-electron chi connectivity index (χ3n) is 5.70. The van der Waals surface area contributed by atoms with Crippen LogP contribution in [0.1, 0.15) is 27.4 Å². The summed E-state index contributed by atoms with van der Waals surface area (Å²) in [5, 5.41) is 2.90. The molecular formula is C26H29F2N3O3. The van der Waals surface area contributed by atoms with Crippen molar-refractivity contribution in [2.24, 2.45) is 0 Å². The molecule has 1 saturated heterocycles. The Kier molecular flexibility index (Phi) is 8.41. The number of benzene rings is 2. The second kappa shape index (κ2) is 11.9. The Bertz CT molecular complexity index is 1070. The third-order valence-corrected chi connectivity index (χ3v) is 5.70. The summed E-state index contributed by atoms with van der Waals surface area (Å²) in [5.74, 6) is 0.0278. The van der Waals surface area contributed by atoms with Gasteiger partial charge in [-0.1, -0.05) is 24.3 Å². The molecule has 0 unspecified atom stereocenters. The number of rotatable bonds is 10. The Hall–Kier alpha value is -3.07. The SMILES string of the molecule is O=C(NCCN1CCOCC1)c1ccc(CN(Cc2ccc(F)cc2)Cc2cccc(F)c2)o1. The molecule has 1 aliphatic rings. The van der Waals surface area contributed by atoms with Gasteiger partial charge in [0.2, 0.25) is 0 Å². The van der Waals surface area contributed by atoms with Crippen molar-refractivity contribution in [2.75, 3.05) is 39.4 Å². The number of carbonyl (C=O) groups is 1. The summed E-state index contributed by atoms with van der Waals surface area (Å²) >= 11 is 0. The largest absolute Gasteiger partial charge is 0.455 e. The number of carbonyl (C=O) groups excluding carboxylic acids is 1. The molecule has 1 aliphatic heterocycles. The van der Waals surface area contributed by atoms with Gasteiger partial charge >= 0.3 is 0 Å². The van der Waals surface area contributed by atoms with Gasteiger partial charge in [0.25, 0.3) is 5.91 Å². The highest BCUT2D eigenvalue weighted by Crippen LogP contribution is 2.17. The van der Waals surface area contributed by atoms with E-state index < -0.39 is 0 Å². The van der Waals surface area contributed by atoms with Gasteiger partial charge < -0.3 is 14.5 Å². The van der Waals surface area contributed by atoms with E-state index in [1.807, 2.05) is 6.07 Å². The van der Waals surface area contributed by atoms with E-state index in [2.05, 4.69) is 15.1 Å². The lowest BCUT2D eigenvalue weighted by molar-refractivity contribution is 0.0382. The summed E-state index contributed by atoms with van der Waals surface area (Å²) in [6.45, 7) is 5.88. The maximum atomic E-state index is 13.7. The summed E-state index contributed by atoms with van der Waals surface area (Å²) in [5.41, 5.74) is 1.74. The van der Waals surface area contributed by atoms with Crippen molar-refractivity contribution in [1.82, 2.24) is 15.1 Å². The summed E-state index contributed by atoms with van der Waals surface area (Å²) in [6, 6.07) is 16.2. The maximum Gasteiger partial charge on any atom is 0.287 e. The lowest BCUT2D eigenvalue weighted by Crippen LogP contribution is -2.41. The van der Waals surface area contributed by atoms with E-state index in [1.165, 1.54) is 24.3 Å². The number of nitrogens with zero attached hydrogens (tertiary/aromatic N) is 2. The summed E-state index contributed by atoms with van der Waals surface area (Å²) in [4.78, 5) is 16.8. The molecule has 4 rings (SSSR count). The Morgan fingerprint density at radius 2 is 1.68 bits per heavy atom. The highest BCUT2D eigenvalue weighted by molar-refractivity contribution is 5.91. The molecule has 1 fully saturated rings. The number of amides is 1. The molecule has 0 aliphatic carbocycles. The van der Waals surface area contributed by atoms with Gasteiger partial charge in [-0.05, 0) is 47.5 Å². The van der Waals surface area contributed by atoms with Gasteiger partial charge in [-0.3, -0.25) is 14.6 Å². The average molecular weight is 470 g/mol. The van der Waals surface area contributed by atoms with Gasteiger partial charge in [-0.25, -0.2) is 8.78 Å². The van der Waals surface area contributed by atoms with Crippen LogP contribution in [0.4, 0.5) is 8.78 Å². The van der Waals surface area contributed by atoms with Crippen molar-refractivity contribution in [3.05, 3.63) is 94.9 Å². The van der Waals surface area contributed by atoms with Crippen LogP contribution in [0.15, 0.2) is 65.1 Å². The predicted octanol–water partition coefficient (Wildman–Crippen LogP) is 3.82. The molecule has 180 valence electrons. The van der Waals surface area contributed by atoms with Gasteiger partial charge in [0.15, 0.2) is 5.76 Å². The van der Waals surface area contributed by atoms with Crippen molar-refractivity contribution in [1.29, 1.82) is 0 Å². The van der Waals surface area contributed by atoms with Crippen molar-refractivity contribution in [3.63, 3.8) is 0 Å². The van der Waals surface area contributed by atoms with Crippen LogP contribution in [0.2, 0.25) is 0 Å². The standard InChI is InChI=1S/C26H29F2N3O3/c27-22-6-4-20(5-7-22)17-31(18-21-2-1-3-23(28)16-21)19-24-8-9-25(34-24)26(32)29-10-11-30-12-14-33-15-13-30/h1-9,16H,10-15,17-19H2,(H,29,32). The van der Waals surface area contributed by atoms with Gasteiger partial charge in [-0.2, -0.15) is 0 Å². The molecule has 2 heterocycles. The molecule has 8 heteroatoms. The first-order valence-electron chi connectivity index (χ1n) is 11.4. The number of furan rings is 1. The van der Waals surface area contributed by atoms with Crippen LogP contribution in [-0.4, -0.2) is 55.1 Å². The Morgan fingerprint density at radius 3 is 2.44 bits per heavy atom. The zero-order valence-corrected chi connectivity index (χ0v) is 19.0. The molecule has 1 amide bonds. The number of nitrogens with one attached hydrogen (secondary N) is 1. The molecular weight excluding hydrogens is 440 g/mol. The van der Waals surface area contributed by atoms with Gasteiger partial charge in [0.05, 0.1) is 19.8 Å². The van der Waals surface area contributed by atoms with Crippen LogP contribution < -0.4 is 5.32 Å². The fourth-order valence-corrected chi connectivity index (χ4v) is 3.95. The minimum Gasteiger partial charge on any atom is -0.455 e. The second-order valence-corrected chi connectivity index (χ2v) is 8.38. The second-order valence-electron chi connectivity index (χ2n) is 8.38. The van der Waals surface area contributed by atoms with Gasteiger partial charge in [0, 0.05) is 39.3 Å². The van der Waals surface area contributed by atoms with Crippen LogP contribution in [0, 0.1) is 11.6 Å². The monoisotopic (exact) mass is 469 g/mol. The first-order chi connectivity index (χ1) is 16.5. The predicted molar refractivity (Wildman–Crippen MR) is 124 cm³/mol. The van der Waals surface area contributed by atoms with Crippen LogP contribution in [0.5, 0.6) is 0 Å². The topological polar surface area (TPSA) is 58.0 Å². The van der Waals surface area contributed by atoms with E-state index in [9.17, 15) is 13.6 Å². The minimum atomic E-state index is -0.298. The number of ether oxygens (including phenoxy) is 1. The molecule has 2 aromatic carbocycles. The van der Waals surface area contributed by atoms with Crippen molar-refractivity contribution in [2.45, 2.75) is 19.6 Å². The smallest absolute Gasteiger partial charge is 0.287 e. The fourth-order valence-electron chi connectivity index (χ4n) is 3.95. The normalized spacial score (nSPS) is 14.4. The Morgan fingerprint density at radius 1 is 0.912 bits per heavy atom.